The molecule has 1 atom stereocenters. The zero-order valence-corrected chi connectivity index (χ0v) is 19.8. The smallest absolute Gasteiger partial charge is 0.416 e. The number of benzene rings is 2. The molecular formula is C24H22F3N5O5. The van der Waals surface area contributed by atoms with Crippen LogP contribution in [0.2, 0.25) is 0 Å². The fourth-order valence-corrected chi connectivity index (χ4v) is 4.01. The SMILES string of the molecule is CCOC(=O)C1CN(c2ccc(-c3nnc(N)o3)cc2)C(=O)N(Cc2cccc(C(F)(F)F)c2C)C1=O. The molecule has 1 aromatic heterocycles. The number of amides is 3. The summed E-state index contributed by atoms with van der Waals surface area (Å²) in [7, 11) is 0. The zero-order valence-electron chi connectivity index (χ0n) is 19.8. The number of anilines is 2. The van der Waals surface area contributed by atoms with E-state index in [9.17, 15) is 27.6 Å². The van der Waals surface area contributed by atoms with E-state index in [4.69, 9.17) is 14.9 Å². The van der Waals surface area contributed by atoms with Crippen molar-refractivity contribution in [3.63, 3.8) is 0 Å². The van der Waals surface area contributed by atoms with Gasteiger partial charge in [-0.15, -0.1) is 5.10 Å². The number of nitrogens with two attached hydrogens (primary N) is 1. The topological polar surface area (TPSA) is 132 Å². The maximum Gasteiger partial charge on any atom is 0.416 e. The Balaban J connectivity index is 1.68. The van der Waals surface area contributed by atoms with Gasteiger partial charge in [0.25, 0.3) is 0 Å². The number of esters is 1. The molecule has 194 valence electrons. The lowest BCUT2D eigenvalue weighted by molar-refractivity contribution is -0.154. The Bertz CT molecular complexity index is 1340. The van der Waals surface area contributed by atoms with Crippen molar-refractivity contribution in [2.45, 2.75) is 26.6 Å². The van der Waals surface area contributed by atoms with Crippen molar-refractivity contribution in [3.05, 3.63) is 59.2 Å². The van der Waals surface area contributed by atoms with E-state index in [0.717, 1.165) is 11.0 Å². The minimum Gasteiger partial charge on any atom is -0.465 e. The highest BCUT2D eigenvalue weighted by atomic mass is 19.4. The van der Waals surface area contributed by atoms with Crippen molar-refractivity contribution in [1.29, 1.82) is 0 Å². The van der Waals surface area contributed by atoms with Crippen LogP contribution in [0.1, 0.15) is 23.6 Å². The number of nitrogens with zero attached hydrogens (tertiary/aromatic N) is 4. The summed E-state index contributed by atoms with van der Waals surface area (Å²) >= 11 is 0. The van der Waals surface area contributed by atoms with Crippen molar-refractivity contribution in [2.24, 2.45) is 5.92 Å². The maximum absolute atomic E-state index is 13.4. The Morgan fingerprint density at radius 3 is 2.46 bits per heavy atom. The van der Waals surface area contributed by atoms with Gasteiger partial charge < -0.3 is 14.9 Å². The predicted molar refractivity (Wildman–Crippen MR) is 124 cm³/mol. The van der Waals surface area contributed by atoms with Gasteiger partial charge >= 0.3 is 24.2 Å². The molecule has 2 aromatic carbocycles. The number of aromatic nitrogens is 2. The van der Waals surface area contributed by atoms with Crippen LogP contribution in [0, 0.1) is 12.8 Å². The molecule has 3 amide bonds. The molecule has 10 nitrogen and oxygen atoms in total. The summed E-state index contributed by atoms with van der Waals surface area (Å²) in [5, 5.41) is 7.37. The van der Waals surface area contributed by atoms with Crippen molar-refractivity contribution >= 4 is 29.6 Å². The van der Waals surface area contributed by atoms with Gasteiger partial charge in [-0.25, -0.2) is 4.79 Å². The monoisotopic (exact) mass is 517 g/mol. The first kappa shape index (κ1) is 25.7. The molecule has 2 heterocycles. The Hall–Kier alpha value is -4.42. The van der Waals surface area contributed by atoms with Crippen LogP contribution in [0.4, 0.5) is 29.7 Å². The van der Waals surface area contributed by atoms with Crippen LogP contribution >= 0.6 is 0 Å². The average Bonchev–Trinajstić information content (AvgIpc) is 3.28. The maximum atomic E-state index is 13.4. The molecule has 1 saturated heterocycles. The predicted octanol–water partition coefficient (Wildman–Crippen LogP) is 3.79. The van der Waals surface area contributed by atoms with Gasteiger partial charge in [0, 0.05) is 11.3 Å². The number of hydrogen-bond acceptors (Lipinski definition) is 8. The number of imide groups is 1. The molecule has 37 heavy (non-hydrogen) atoms. The minimum absolute atomic E-state index is 0.00526. The Kier molecular flexibility index (Phi) is 6.88. The summed E-state index contributed by atoms with van der Waals surface area (Å²) in [4.78, 5) is 41.1. The molecule has 0 saturated carbocycles. The highest BCUT2D eigenvalue weighted by Gasteiger charge is 2.44. The standard InChI is InChI=1S/C24H22F3N5O5/c1-3-36-21(34)17-12-31(16-9-7-14(8-10-16)19-29-30-22(28)37-19)23(35)32(20(17)33)11-15-5-4-6-18(13(15)2)24(25,26)27/h4-10,17H,3,11-12H2,1-2H3,(H2,28,30). The molecule has 0 radical (unpaired) electrons. The third-order valence-corrected chi connectivity index (χ3v) is 5.91. The molecule has 2 N–H and O–H groups in total. The number of rotatable bonds is 6. The van der Waals surface area contributed by atoms with Crippen LogP contribution in [-0.2, 0) is 27.0 Å². The lowest BCUT2D eigenvalue weighted by Crippen LogP contribution is -2.58. The number of nitrogen functional groups attached to an aromatic ring is 1. The molecule has 1 fully saturated rings. The van der Waals surface area contributed by atoms with Gasteiger partial charge in [0.1, 0.15) is 0 Å². The van der Waals surface area contributed by atoms with Crippen LogP contribution in [0.3, 0.4) is 0 Å². The first-order valence-corrected chi connectivity index (χ1v) is 11.2. The Morgan fingerprint density at radius 2 is 1.86 bits per heavy atom. The fraction of sp³-hybridized carbons (Fsp3) is 0.292. The number of ether oxygens (including phenoxy) is 1. The van der Waals surface area contributed by atoms with Crippen LogP contribution in [0.25, 0.3) is 11.5 Å². The first-order valence-electron chi connectivity index (χ1n) is 11.2. The van der Waals surface area contributed by atoms with Gasteiger partial charge in [-0.2, -0.15) is 13.2 Å². The van der Waals surface area contributed by atoms with Crippen molar-refractivity contribution in [1.82, 2.24) is 15.1 Å². The van der Waals surface area contributed by atoms with Gasteiger partial charge in [0.15, 0.2) is 5.92 Å². The largest absolute Gasteiger partial charge is 0.465 e. The number of halogens is 3. The number of carbonyl (C=O) groups is 3. The third kappa shape index (κ3) is 5.10. The van der Waals surface area contributed by atoms with Crippen molar-refractivity contribution < 1.29 is 36.7 Å². The number of carbonyl (C=O) groups excluding carboxylic acids is 3. The summed E-state index contributed by atoms with van der Waals surface area (Å²) in [5.74, 6) is -2.90. The van der Waals surface area contributed by atoms with E-state index >= 15 is 0 Å². The molecule has 1 aliphatic rings. The summed E-state index contributed by atoms with van der Waals surface area (Å²) in [5.41, 5.74) is 5.40. The molecular weight excluding hydrogens is 495 g/mol. The molecule has 13 heteroatoms. The molecule has 1 unspecified atom stereocenters. The Morgan fingerprint density at radius 1 is 1.16 bits per heavy atom. The molecule has 0 aliphatic carbocycles. The van der Waals surface area contributed by atoms with Crippen LogP contribution in [0.15, 0.2) is 46.9 Å². The van der Waals surface area contributed by atoms with Gasteiger partial charge in [-0.05, 0) is 55.3 Å². The van der Waals surface area contributed by atoms with E-state index in [1.807, 2.05) is 0 Å². The lowest BCUT2D eigenvalue weighted by atomic mass is 9.99. The van der Waals surface area contributed by atoms with Crippen LogP contribution in [0.5, 0.6) is 0 Å². The summed E-state index contributed by atoms with van der Waals surface area (Å²) < 4.78 is 50.4. The normalized spacial score (nSPS) is 16.3. The van der Waals surface area contributed by atoms with Crippen LogP contribution in [-0.4, -0.2) is 46.2 Å². The van der Waals surface area contributed by atoms with E-state index in [1.165, 1.54) is 24.0 Å². The number of hydrogen-bond donors (Lipinski definition) is 1. The van der Waals surface area contributed by atoms with Crippen molar-refractivity contribution in [3.8, 4) is 11.5 Å². The Labute approximate surface area is 208 Å². The minimum atomic E-state index is -4.61. The van der Waals surface area contributed by atoms with E-state index in [0.29, 0.717) is 11.3 Å². The van der Waals surface area contributed by atoms with E-state index in [-0.39, 0.29) is 36.2 Å². The second-order valence-corrected chi connectivity index (χ2v) is 8.20. The highest BCUT2D eigenvalue weighted by Crippen LogP contribution is 2.34. The zero-order chi connectivity index (χ0) is 26.9. The first-order chi connectivity index (χ1) is 17.5. The second kappa shape index (κ2) is 9.91. The van der Waals surface area contributed by atoms with Gasteiger partial charge in [-0.3, -0.25) is 19.4 Å². The molecule has 3 aromatic rings. The fourth-order valence-electron chi connectivity index (χ4n) is 4.01. The van der Waals surface area contributed by atoms with Crippen LogP contribution < -0.4 is 10.6 Å². The van der Waals surface area contributed by atoms with E-state index in [2.05, 4.69) is 10.2 Å². The van der Waals surface area contributed by atoms with E-state index < -0.39 is 42.1 Å². The summed E-state index contributed by atoms with van der Waals surface area (Å²) in [6, 6.07) is 8.84. The number of urea groups is 1. The van der Waals surface area contributed by atoms with Gasteiger partial charge in [-0.1, -0.05) is 17.2 Å². The van der Waals surface area contributed by atoms with Gasteiger partial charge in [0.2, 0.25) is 11.8 Å². The molecule has 4 rings (SSSR count). The number of alkyl halides is 3. The summed E-state index contributed by atoms with van der Waals surface area (Å²) in [6.45, 7) is 2.08. The molecule has 0 bridgehead atoms. The average molecular weight is 517 g/mol. The van der Waals surface area contributed by atoms with Crippen molar-refractivity contribution in [2.75, 3.05) is 23.8 Å². The lowest BCUT2D eigenvalue weighted by Gasteiger charge is -2.38. The molecule has 1 aliphatic heterocycles. The third-order valence-electron chi connectivity index (χ3n) is 5.91. The molecule has 0 spiro atoms. The quantitative estimate of drug-likeness (QED) is 0.386. The highest BCUT2D eigenvalue weighted by molar-refractivity contribution is 6.12. The summed E-state index contributed by atoms with van der Waals surface area (Å²) in [6.07, 6.45) is -4.61. The van der Waals surface area contributed by atoms with Gasteiger partial charge in [0.05, 0.1) is 25.3 Å². The van der Waals surface area contributed by atoms with E-state index in [1.54, 1.807) is 31.2 Å². The second-order valence-electron chi connectivity index (χ2n) is 8.20.